The van der Waals surface area contributed by atoms with Gasteiger partial charge in [0.05, 0.1) is 17.6 Å². The Morgan fingerprint density at radius 3 is 2.45 bits per heavy atom. The number of hydrogen-bond donors (Lipinski definition) is 0. The van der Waals surface area contributed by atoms with Crippen molar-refractivity contribution in [1.29, 1.82) is 0 Å². The highest BCUT2D eigenvalue weighted by Gasteiger charge is 2.26. The summed E-state index contributed by atoms with van der Waals surface area (Å²) in [7, 11) is 0. The summed E-state index contributed by atoms with van der Waals surface area (Å²) in [5.41, 5.74) is 3.73. The minimum absolute atomic E-state index is 0.0181. The molecule has 2 heterocycles. The fourth-order valence-corrected chi connectivity index (χ4v) is 2.71. The second-order valence-corrected chi connectivity index (χ2v) is 5.12. The predicted molar refractivity (Wildman–Crippen MR) is 90.1 cm³/mol. The Morgan fingerprint density at radius 1 is 1.05 bits per heavy atom. The third kappa shape index (κ3) is 2.37. The van der Waals surface area contributed by atoms with E-state index in [0.717, 1.165) is 22.5 Å². The van der Waals surface area contributed by atoms with Crippen molar-refractivity contribution in [3.8, 4) is 0 Å². The van der Waals surface area contributed by atoms with Crippen molar-refractivity contribution in [1.82, 2.24) is 9.88 Å². The minimum Gasteiger partial charge on any atom is -0.325 e. The van der Waals surface area contributed by atoms with E-state index in [0.29, 0.717) is 13.1 Å². The lowest BCUT2D eigenvalue weighted by Gasteiger charge is -2.30. The Hall–Kier alpha value is -2.62. The zero-order valence-corrected chi connectivity index (χ0v) is 12.9. The molecule has 0 bridgehead atoms. The van der Waals surface area contributed by atoms with Crippen LogP contribution in [0.25, 0.3) is 12.2 Å². The molecule has 2 amide bonds. The molecule has 0 unspecified atom stereocenters. The molecule has 0 saturated heterocycles. The molecule has 1 aromatic heterocycles. The standard InChI is InChI=1S/C18H19N3O/c1-3-20(4-2)18(22)21-16-8-6-5-7-14(16)9-10-15-11-12-19-13-17(15)21/h5-13H,3-4H2,1-2H3. The third-order valence-electron chi connectivity index (χ3n) is 3.92. The molecule has 1 aliphatic heterocycles. The minimum atomic E-state index is -0.0181. The molecule has 1 aliphatic rings. The lowest BCUT2D eigenvalue weighted by molar-refractivity contribution is 0.212. The number of rotatable bonds is 2. The van der Waals surface area contributed by atoms with Gasteiger partial charge in [0.15, 0.2) is 0 Å². The summed E-state index contributed by atoms with van der Waals surface area (Å²) in [4.78, 5) is 20.8. The van der Waals surface area contributed by atoms with Gasteiger partial charge in [0.2, 0.25) is 0 Å². The van der Waals surface area contributed by atoms with Gasteiger partial charge in [-0.05, 0) is 31.5 Å². The van der Waals surface area contributed by atoms with Gasteiger partial charge in [0.1, 0.15) is 0 Å². The molecule has 0 N–H and O–H groups in total. The van der Waals surface area contributed by atoms with E-state index in [-0.39, 0.29) is 6.03 Å². The summed E-state index contributed by atoms with van der Waals surface area (Å²) < 4.78 is 0. The van der Waals surface area contributed by atoms with Crippen molar-refractivity contribution in [2.24, 2.45) is 0 Å². The van der Waals surface area contributed by atoms with Gasteiger partial charge < -0.3 is 4.90 Å². The van der Waals surface area contributed by atoms with Crippen LogP contribution in [0.1, 0.15) is 25.0 Å². The van der Waals surface area contributed by atoms with Crippen molar-refractivity contribution >= 4 is 29.6 Å². The van der Waals surface area contributed by atoms with Gasteiger partial charge in [-0.15, -0.1) is 0 Å². The van der Waals surface area contributed by atoms with Crippen LogP contribution in [0.2, 0.25) is 0 Å². The molecule has 0 aliphatic carbocycles. The van der Waals surface area contributed by atoms with E-state index < -0.39 is 0 Å². The average Bonchev–Trinajstić information content (AvgIpc) is 2.72. The number of benzene rings is 1. The van der Waals surface area contributed by atoms with Gasteiger partial charge in [-0.3, -0.25) is 9.88 Å². The smallest absolute Gasteiger partial charge is 0.325 e. The maximum absolute atomic E-state index is 13.0. The van der Waals surface area contributed by atoms with Gasteiger partial charge in [-0.1, -0.05) is 30.4 Å². The Bertz CT molecular complexity index is 670. The summed E-state index contributed by atoms with van der Waals surface area (Å²) in [5.74, 6) is 0. The quantitative estimate of drug-likeness (QED) is 0.833. The molecule has 22 heavy (non-hydrogen) atoms. The largest absolute Gasteiger partial charge is 0.329 e. The summed E-state index contributed by atoms with van der Waals surface area (Å²) in [6, 6.07) is 9.85. The Morgan fingerprint density at radius 2 is 1.73 bits per heavy atom. The van der Waals surface area contributed by atoms with Crippen LogP contribution in [-0.4, -0.2) is 29.0 Å². The van der Waals surface area contributed by atoms with Crippen LogP contribution in [-0.2, 0) is 0 Å². The number of fused-ring (bicyclic) bond motifs is 2. The van der Waals surface area contributed by atoms with Crippen molar-refractivity contribution in [3.05, 3.63) is 53.9 Å². The summed E-state index contributed by atoms with van der Waals surface area (Å²) in [5, 5.41) is 0. The Labute approximate surface area is 130 Å². The number of para-hydroxylation sites is 1. The number of pyridine rings is 1. The van der Waals surface area contributed by atoms with Crippen LogP contribution in [0.3, 0.4) is 0 Å². The first-order valence-corrected chi connectivity index (χ1v) is 7.56. The van der Waals surface area contributed by atoms with Crippen molar-refractivity contribution in [2.75, 3.05) is 18.0 Å². The van der Waals surface area contributed by atoms with E-state index in [1.807, 2.05) is 61.2 Å². The average molecular weight is 293 g/mol. The van der Waals surface area contributed by atoms with E-state index in [1.54, 1.807) is 17.3 Å². The van der Waals surface area contributed by atoms with Crippen molar-refractivity contribution < 1.29 is 4.79 Å². The highest BCUT2D eigenvalue weighted by atomic mass is 16.2. The van der Waals surface area contributed by atoms with Gasteiger partial charge in [0.25, 0.3) is 0 Å². The molecule has 2 aromatic rings. The first-order chi connectivity index (χ1) is 10.8. The SMILES string of the molecule is CCN(CC)C(=O)N1c2ccccc2C=Cc2ccncc21. The monoisotopic (exact) mass is 293 g/mol. The molecule has 0 saturated carbocycles. The fourth-order valence-electron chi connectivity index (χ4n) is 2.71. The number of nitrogens with zero attached hydrogens (tertiary/aromatic N) is 3. The topological polar surface area (TPSA) is 36.4 Å². The zero-order chi connectivity index (χ0) is 15.5. The molecule has 1 aromatic carbocycles. The maximum atomic E-state index is 13.0. The van der Waals surface area contributed by atoms with Crippen LogP contribution in [0.5, 0.6) is 0 Å². The van der Waals surface area contributed by atoms with Gasteiger partial charge >= 0.3 is 6.03 Å². The molecule has 0 atom stereocenters. The summed E-state index contributed by atoms with van der Waals surface area (Å²) in [6.07, 6.45) is 7.58. The van der Waals surface area contributed by atoms with E-state index in [9.17, 15) is 4.79 Å². The number of hydrogen-bond acceptors (Lipinski definition) is 2. The number of carbonyl (C=O) groups is 1. The van der Waals surface area contributed by atoms with Crippen LogP contribution in [0.15, 0.2) is 42.7 Å². The van der Waals surface area contributed by atoms with E-state index in [1.165, 1.54) is 0 Å². The lowest BCUT2D eigenvalue weighted by atomic mass is 10.1. The molecular formula is C18H19N3O. The van der Waals surface area contributed by atoms with Gasteiger partial charge in [0, 0.05) is 24.8 Å². The van der Waals surface area contributed by atoms with E-state index >= 15 is 0 Å². The number of amides is 2. The van der Waals surface area contributed by atoms with Gasteiger partial charge in [-0.2, -0.15) is 0 Å². The van der Waals surface area contributed by atoms with Crippen molar-refractivity contribution in [2.45, 2.75) is 13.8 Å². The first-order valence-electron chi connectivity index (χ1n) is 7.56. The fraction of sp³-hybridized carbons (Fsp3) is 0.222. The van der Waals surface area contributed by atoms with Crippen LogP contribution in [0, 0.1) is 0 Å². The molecule has 0 fully saturated rings. The van der Waals surface area contributed by atoms with Crippen LogP contribution in [0.4, 0.5) is 16.2 Å². The number of anilines is 2. The van der Waals surface area contributed by atoms with Crippen LogP contribution >= 0.6 is 0 Å². The molecule has 4 nitrogen and oxygen atoms in total. The molecule has 0 radical (unpaired) electrons. The van der Waals surface area contributed by atoms with Crippen LogP contribution < -0.4 is 4.90 Å². The molecule has 0 spiro atoms. The second kappa shape index (κ2) is 6.02. The summed E-state index contributed by atoms with van der Waals surface area (Å²) >= 11 is 0. The molecular weight excluding hydrogens is 274 g/mol. The first kappa shape index (κ1) is 14.3. The maximum Gasteiger partial charge on any atom is 0.329 e. The lowest BCUT2D eigenvalue weighted by Crippen LogP contribution is -2.41. The zero-order valence-electron chi connectivity index (χ0n) is 12.9. The highest BCUT2D eigenvalue weighted by Crippen LogP contribution is 2.36. The number of urea groups is 1. The van der Waals surface area contributed by atoms with Gasteiger partial charge in [-0.25, -0.2) is 4.79 Å². The molecule has 4 heteroatoms. The highest BCUT2D eigenvalue weighted by molar-refractivity contribution is 6.05. The normalized spacial score (nSPS) is 12.4. The number of aromatic nitrogens is 1. The Kier molecular flexibility index (Phi) is 3.92. The molecule has 3 rings (SSSR count). The predicted octanol–water partition coefficient (Wildman–Crippen LogP) is 4.17. The third-order valence-corrected chi connectivity index (χ3v) is 3.92. The van der Waals surface area contributed by atoms with Crippen molar-refractivity contribution in [3.63, 3.8) is 0 Å². The van der Waals surface area contributed by atoms with E-state index in [2.05, 4.69) is 4.98 Å². The van der Waals surface area contributed by atoms with E-state index in [4.69, 9.17) is 0 Å². The number of carbonyl (C=O) groups excluding carboxylic acids is 1. The second-order valence-electron chi connectivity index (χ2n) is 5.12. The Balaban J connectivity index is 2.19. The molecule has 112 valence electrons. The summed E-state index contributed by atoms with van der Waals surface area (Å²) in [6.45, 7) is 5.34.